The topological polar surface area (TPSA) is 73.2 Å². The van der Waals surface area contributed by atoms with E-state index in [4.69, 9.17) is 4.74 Å². The highest BCUT2D eigenvalue weighted by atomic mass is 16.5. The van der Waals surface area contributed by atoms with E-state index in [0.717, 1.165) is 0 Å². The Morgan fingerprint density at radius 1 is 1.12 bits per heavy atom. The number of amides is 1. The quantitative estimate of drug-likeness (QED) is 0.776. The first-order chi connectivity index (χ1) is 12.2. The Hall–Kier alpha value is -3.41. The summed E-state index contributed by atoms with van der Waals surface area (Å²) in [6.07, 6.45) is 3.17. The average Bonchev–Trinajstić information content (AvgIpc) is 2.64. The zero-order valence-corrected chi connectivity index (χ0v) is 13.7. The number of ether oxygens (including phenoxy) is 1. The second-order valence-corrected chi connectivity index (χ2v) is 5.27. The zero-order valence-electron chi connectivity index (χ0n) is 13.7. The van der Waals surface area contributed by atoms with Crippen LogP contribution in [-0.2, 0) is 6.54 Å². The number of rotatable bonds is 5. The van der Waals surface area contributed by atoms with Gasteiger partial charge in [-0.25, -0.2) is 4.98 Å². The van der Waals surface area contributed by atoms with Crippen molar-refractivity contribution in [3.8, 4) is 11.6 Å². The van der Waals surface area contributed by atoms with Crippen LogP contribution < -0.4 is 15.6 Å². The van der Waals surface area contributed by atoms with Gasteiger partial charge in [-0.2, -0.15) is 0 Å². The number of carbonyl (C=O) groups is 1. The van der Waals surface area contributed by atoms with Crippen LogP contribution in [0.2, 0.25) is 0 Å². The molecule has 0 aliphatic rings. The van der Waals surface area contributed by atoms with Gasteiger partial charge in [-0.05, 0) is 37.3 Å². The molecule has 2 heterocycles. The molecule has 1 aromatic carbocycles. The minimum atomic E-state index is -0.361. The van der Waals surface area contributed by atoms with Crippen molar-refractivity contribution in [2.45, 2.75) is 13.5 Å². The summed E-state index contributed by atoms with van der Waals surface area (Å²) in [5, 5.41) is 2.77. The first kappa shape index (κ1) is 16.4. The highest BCUT2D eigenvalue weighted by Crippen LogP contribution is 2.23. The second-order valence-electron chi connectivity index (χ2n) is 5.27. The molecular weight excluding hydrogens is 318 g/mol. The molecule has 2 aromatic heterocycles. The van der Waals surface area contributed by atoms with E-state index >= 15 is 0 Å². The van der Waals surface area contributed by atoms with E-state index in [-0.39, 0.29) is 17.3 Å². The average molecular weight is 335 g/mol. The monoisotopic (exact) mass is 335 g/mol. The van der Waals surface area contributed by atoms with E-state index in [1.54, 1.807) is 42.7 Å². The van der Waals surface area contributed by atoms with Crippen molar-refractivity contribution in [3.63, 3.8) is 0 Å². The zero-order chi connectivity index (χ0) is 17.6. The van der Waals surface area contributed by atoms with Crippen LogP contribution in [0.15, 0.2) is 71.8 Å². The molecule has 25 heavy (non-hydrogen) atoms. The van der Waals surface area contributed by atoms with Gasteiger partial charge in [0.2, 0.25) is 5.88 Å². The summed E-state index contributed by atoms with van der Waals surface area (Å²) in [6.45, 7) is 2.39. The third-order valence-corrected chi connectivity index (χ3v) is 3.56. The number of anilines is 1. The molecule has 1 amide bonds. The number of aryl methyl sites for hydroxylation is 1. The van der Waals surface area contributed by atoms with Gasteiger partial charge in [0.05, 0.1) is 5.69 Å². The highest BCUT2D eigenvalue weighted by molar-refractivity contribution is 6.05. The standard InChI is InChI=1S/C19H17N3O3/c1-2-22-13-14(10-11-17(22)23)21-18(24)16-9-6-12-20-19(16)25-15-7-4-3-5-8-15/h3-13H,2H2,1H3,(H,21,24). The molecule has 0 atom stereocenters. The van der Waals surface area contributed by atoms with E-state index in [2.05, 4.69) is 10.3 Å². The first-order valence-corrected chi connectivity index (χ1v) is 7.87. The Bertz CT molecular complexity index is 936. The normalized spacial score (nSPS) is 10.3. The summed E-state index contributed by atoms with van der Waals surface area (Å²) in [4.78, 5) is 28.4. The maximum atomic E-state index is 12.6. The van der Waals surface area contributed by atoms with Crippen LogP contribution in [0, 0.1) is 0 Å². The molecule has 0 aliphatic heterocycles. The predicted octanol–water partition coefficient (Wildman–Crippen LogP) is 3.31. The van der Waals surface area contributed by atoms with Gasteiger partial charge < -0.3 is 14.6 Å². The number of para-hydroxylation sites is 1. The fourth-order valence-electron chi connectivity index (χ4n) is 2.30. The van der Waals surface area contributed by atoms with Crippen LogP contribution in [0.5, 0.6) is 11.6 Å². The fourth-order valence-corrected chi connectivity index (χ4v) is 2.30. The maximum absolute atomic E-state index is 12.6. The van der Waals surface area contributed by atoms with Crippen molar-refractivity contribution in [2.75, 3.05) is 5.32 Å². The fraction of sp³-hybridized carbons (Fsp3) is 0.105. The van der Waals surface area contributed by atoms with Gasteiger partial charge in [0.25, 0.3) is 11.5 Å². The Labute approximate surface area is 144 Å². The third-order valence-electron chi connectivity index (χ3n) is 3.56. The van der Waals surface area contributed by atoms with Gasteiger partial charge >= 0.3 is 0 Å². The SMILES string of the molecule is CCn1cc(NC(=O)c2cccnc2Oc2ccccc2)ccc1=O. The molecule has 6 heteroatoms. The molecule has 0 spiro atoms. The van der Waals surface area contributed by atoms with E-state index < -0.39 is 0 Å². The number of carbonyl (C=O) groups excluding carboxylic acids is 1. The lowest BCUT2D eigenvalue weighted by Crippen LogP contribution is -2.20. The number of aromatic nitrogens is 2. The summed E-state index contributed by atoms with van der Waals surface area (Å²) >= 11 is 0. The number of benzene rings is 1. The summed E-state index contributed by atoms with van der Waals surface area (Å²) in [7, 11) is 0. The molecule has 0 bridgehead atoms. The smallest absolute Gasteiger partial charge is 0.261 e. The molecule has 1 N–H and O–H groups in total. The van der Waals surface area contributed by atoms with Gasteiger partial charge in [-0.1, -0.05) is 18.2 Å². The van der Waals surface area contributed by atoms with Crippen molar-refractivity contribution in [1.29, 1.82) is 0 Å². The van der Waals surface area contributed by atoms with Crippen LogP contribution in [0.3, 0.4) is 0 Å². The van der Waals surface area contributed by atoms with Crippen LogP contribution >= 0.6 is 0 Å². The number of pyridine rings is 2. The Balaban J connectivity index is 1.84. The molecule has 3 rings (SSSR count). The molecule has 3 aromatic rings. The molecule has 0 saturated carbocycles. The van der Waals surface area contributed by atoms with Crippen LogP contribution in [0.4, 0.5) is 5.69 Å². The predicted molar refractivity (Wildman–Crippen MR) is 95.1 cm³/mol. The Morgan fingerprint density at radius 2 is 1.92 bits per heavy atom. The van der Waals surface area contributed by atoms with Crippen molar-refractivity contribution < 1.29 is 9.53 Å². The molecule has 0 radical (unpaired) electrons. The Morgan fingerprint density at radius 3 is 2.68 bits per heavy atom. The lowest BCUT2D eigenvalue weighted by atomic mass is 10.2. The largest absolute Gasteiger partial charge is 0.438 e. The lowest BCUT2D eigenvalue weighted by Gasteiger charge is -2.11. The van der Waals surface area contributed by atoms with Crippen molar-refractivity contribution in [1.82, 2.24) is 9.55 Å². The van der Waals surface area contributed by atoms with E-state index in [1.165, 1.54) is 10.6 Å². The number of nitrogens with one attached hydrogen (secondary N) is 1. The van der Waals surface area contributed by atoms with Gasteiger partial charge in [-0.3, -0.25) is 9.59 Å². The molecular formula is C19H17N3O3. The van der Waals surface area contributed by atoms with Gasteiger partial charge in [0.15, 0.2) is 0 Å². The lowest BCUT2D eigenvalue weighted by molar-refractivity contribution is 0.102. The summed E-state index contributed by atoms with van der Waals surface area (Å²) in [5.74, 6) is 0.449. The van der Waals surface area contributed by atoms with E-state index in [9.17, 15) is 9.59 Å². The number of hydrogen-bond acceptors (Lipinski definition) is 4. The van der Waals surface area contributed by atoms with E-state index in [1.807, 2.05) is 25.1 Å². The van der Waals surface area contributed by atoms with Crippen molar-refractivity contribution in [3.05, 3.63) is 82.9 Å². The third kappa shape index (κ3) is 3.92. The van der Waals surface area contributed by atoms with Crippen molar-refractivity contribution >= 4 is 11.6 Å². The van der Waals surface area contributed by atoms with E-state index in [0.29, 0.717) is 23.5 Å². The molecule has 0 unspecified atom stereocenters. The van der Waals surface area contributed by atoms with Crippen LogP contribution in [-0.4, -0.2) is 15.5 Å². The summed E-state index contributed by atoms with van der Waals surface area (Å²) in [6, 6.07) is 15.4. The van der Waals surface area contributed by atoms with Crippen LogP contribution in [0.25, 0.3) is 0 Å². The van der Waals surface area contributed by atoms with Gasteiger partial charge in [0.1, 0.15) is 11.3 Å². The van der Waals surface area contributed by atoms with Gasteiger partial charge in [0, 0.05) is 25.0 Å². The molecule has 6 nitrogen and oxygen atoms in total. The first-order valence-electron chi connectivity index (χ1n) is 7.87. The van der Waals surface area contributed by atoms with Crippen LogP contribution in [0.1, 0.15) is 17.3 Å². The Kier molecular flexibility index (Phi) is 4.89. The molecule has 0 saturated heterocycles. The highest BCUT2D eigenvalue weighted by Gasteiger charge is 2.15. The maximum Gasteiger partial charge on any atom is 0.261 e. The number of nitrogens with zero attached hydrogens (tertiary/aromatic N) is 2. The minimum Gasteiger partial charge on any atom is -0.438 e. The molecule has 0 fully saturated rings. The minimum absolute atomic E-state index is 0.116. The van der Waals surface area contributed by atoms with Gasteiger partial charge in [-0.15, -0.1) is 0 Å². The molecule has 126 valence electrons. The second kappa shape index (κ2) is 7.44. The summed E-state index contributed by atoms with van der Waals surface area (Å²) < 4.78 is 7.22. The number of hydrogen-bond donors (Lipinski definition) is 1. The molecule has 0 aliphatic carbocycles. The van der Waals surface area contributed by atoms with Crippen molar-refractivity contribution in [2.24, 2.45) is 0 Å². The summed E-state index contributed by atoms with van der Waals surface area (Å²) in [5.41, 5.74) is 0.719.